The van der Waals surface area contributed by atoms with Gasteiger partial charge in [0.05, 0.1) is 0 Å². The second-order valence-electron chi connectivity index (χ2n) is 23.1. The Morgan fingerprint density at radius 1 is 0.575 bits per heavy atom. The van der Waals surface area contributed by atoms with Crippen LogP contribution >= 0.6 is 33.4 Å². The van der Waals surface area contributed by atoms with Crippen molar-refractivity contribution in [3.05, 3.63) is 71.8 Å². The molecule has 2 aromatic rings. The molecule has 4 aliphatic rings. The van der Waals surface area contributed by atoms with Gasteiger partial charge < -0.3 is 38.2 Å². The summed E-state index contributed by atoms with van der Waals surface area (Å²) in [5.74, 6) is 0.911. The molecule has 15 nitrogen and oxygen atoms in total. The maximum atomic E-state index is 12.7. The Labute approximate surface area is 499 Å². The SMILES string of the molecule is CC(C)(C)OC(=O)OC(=O)OC(C)(C)C.CPPN(C(=O)OC(C)(C)C)[C@@H]1C[C@H]2C[C@@H]1CN2C(=O)OCc1ccccc1.CPPN[C@@H]1C[C@H]2C[C@@H]1CN2C(=O)OCc1ccccc1.[B]B([B])B([B])B(B([B])[B])B(B([B])[B])B([B])[B]. The number of likely N-dealkylation sites (tertiary alicyclic amines) is 2. The van der Waals surface area contributed by atoms with Gasteiger partial charge in [0.2, 0.25) is 0 Å². The van der Waals surface area contributed by atoms with Gasteiger partial charge >= 0.3 is 30.6 Å². The van der Waals surface area contributed by atoms with Crippen LogP contribution in [0.1, 0.15) is 99.1 Å². The predicted octanol–water partition coefficient (Wildman–Crippen LogP) is 4.81. The number of amides is 3. The highest BCUT2D eigenvalue weighted by atomic mass is 32.0. The van der Waals surface area contributed by atoms with Gasteiger partial charge in [0.1, 0.15) is 30.0 Å². The van der Waals surface area contributed by atoms with Crippen LogP contribution in [0.25, 0.3) is 0 Å². The standard InChI is InChI=1S/C20H30N2O4P2.C15H22N2O2P2.C10H18O5.B16/c1-20(2,3)26-19(24)22(28-27-4)17-11-16-10-15(17)12-21(16)18(23)25-13-14-8-6-5-7-9-14;1-20-21-16-14-8-13-7-12(14)9-17(13)15(18)19-10-11-5-3-2-4-6-11;1-9(2,3)14-7(11)13-8(12)15-10(4,5)6;1-10(2)14(9)16(13(7)8)15(11(3)4)12(5)6/h5-9,15-17,27-28H,10-13H2,1-4H3;2-6,12-14,16,20-21H,7-10H2,1H3;1-6H3;/t15-,16-,17-;12-,13-,14-;;/m11../s1. The Kier molecular flexibility index (Phi) is 30.6. The number of hydrogen-bond donors (Lipinski definition) is 1. The molecule has 2 saturated heterocycles. The monoisotopic (exact) mass is 1140 g/mol. The van der Waals surface area contributed by atoms with E-state index in [-0.39, 0.29) is 30.4 Å². The van der Waals surface area contributed by atoms with Crippen LogP contribution in [0.15, 0.2) is 60.7 Å². The van der Waals surface area contributed by atoms with Gasteiger partial charge in [-0.3, -0.25) is 9.76 Å². The Bertz CT molecular complexity index is 2200. The number of carbonyl (C=O) groups is 5. The zero-order chi connectivity index (χ0) is 60.3. The summed E-state index contributed by atoms with van der Waals surface area (Å²) in [6.07, 6.45) is -3.81. The Balaban J connectivity index is 0.000000290. The molecule has 1 N–H and O–H groups in total. The van der Waals surface area contributed by atoms with Crippen LogP contribution in [0.5, 0.6) is 0 Å². The predicted molar refractivity (Wildman–Crippen MR) is 349 cm³/mol. The fraction of sp³-hybridized carbons (Fsp3) is 0.622. The van der Waals surface area contributed by atoms with Crippen molar-refractivity contribution in [3.8, 4) is 0 Å². The lowest BCUT2D eigenvalue weighted by Crippen LogP contribution is -2.75. The van der Waals surface area contributed by atoms with Crippen molar-refractivity contribution in [2.75, 3.05) is 26.4 Å². The van der Waals surface area contributed by atoms with E-state index < -0.39 is 73.8 Å². The molecule has 2 aliphatic heterocycles. The third kappa shape index (κ3) is 25.1. The van der Waals surface area contributed by atoms with Gasteiger partial charge in [-0.1, -0.05) is 77.2 Å². The molecule has 6 rings (SSSR count). The lowest BCUT2D eigenvalue weighted by Gasteiger charge is -2.38. The number of rotatable bonds is 16. The second kappa shape index (κ2) is 34.0. The molecule has 4 fully saturated rings. The molecule has 2 saturated carbocycles. The highest BCUT2D eigenvalue weighted by Crippen LogP contribution is 2.49. The van der Waals surface area contributed by atoms with E-state index in [0.717, 1.165) is 60.0 Å². The first kappa shape index (κ1) is 72.0. The van der Waals surface area contributed by atoms with Gasteiger partial charge in [-0.05, 0) is 133 Å². The van der Waals surface area contributed by atoms with Crippen molar-refractivity contribution >= 4 is 178 Å². The molecule has 18 radical (unpaired) electrons. The number of ether oxygens (including phenoxy) is 6. The average molecular weight is 1140 g/mol. The largest absolute Gasteiger partial charge is 0.519 e. The van der Waals surface area contributed by atoms with Crippen LogP contribution in [-0.4, -0.2) is 227 Å². The van der Waals surface area contributed by atoms with E-state index in [0.29, 0.717) is 60.4 Å². The maximum absolute atomic E-state index is 12.7. The minimum absolute atomic E-state index is 0.146. The van der Waals surface area contributed by atoms with Crippen LogP contribution < -0.4 is 5.09 Å². The molecule has 0 aromatic heterocycles. The van der Waals surface area contributed by atoms with E-state index >= 15 is 0 Å². The first-order valence-corrected chi connectivity index (χ1v) is 33.7. The van der Waals surface area contributed by atoms with Crippen LogP contribution in [0.3, 0.4) is 0 Å². The van der Waals surface area contributed by atoms with Gasteiger partial charge in [-0.25, -0.2) is 24.0 Å². The van der Waals surface area contributed by atoms with Crippen LogP contribution in [0, 0.1) is 11.8 Å². The molecule has 2 aliphatic carbocycles. The normalized spacial score (nSPS) is 20.0. The van der Waals surface area contributed by atoms with Crippen LogP contribution in [0.4, 0.5) is 24.0 Å². The summed E-state index contributed by atoms with van der Waals surface area (Å²) in [7, 11) is 53.3. The van der Waals surface area contributed by atoms with Crippen molar-refractivity contribution in [1.82, 2.24) is 19.6 Å². The summed E-state index contributed by atoms with van der Waals surface area (Å²) in [5.41, 5.74) is 0.138. The number of nitrogens with zero attached hydrogens (tertiary/aromatic N) is 3. The van der Waals surface area contributed by atoms with E-state index in [4.69, 9.17) is 93.3 Å². The van der Waals surface area contributed by atoms with E-state index in [1.54, 1.807) is 41.5 Å². The topological polar surface area (TPSA) is 162 Å². The van der Waals surface area contributed by atoms with Crippen molar-refractivity contribution in [2.24, 2.45) is 11.8 Å². The number of benzene rings is 2. The quantitative estimate of drug-likeness (QED) is 0.0805. The fourth-order valence-corrected chi connectivity index (χ4v) is 13.7. The van der Waals surface area contributed by atoms with Crippen molar-refractivity contribution in [3.63, 3.8) is 0 Å². The summed E-state index contributed by atoms with van der Waals surface area (Å²) in [6.45, 7) is 22.2. The van der Waals surface area contributed by atoms with Crippen LogP contribution in [-0.2, 0) is 41.6 Å². The van der Waals surface area contributed by atoms with Gasteiger partial charge in [-0.15, -0.1) is 0 Å². The third-order valence-corrected chi connectivity index (χ3v) is 17.4. The zero-order valence-corrected chi connectivity index (χ0v) is 52.5. The lowest BCUT2D eigenvalue weighted by atomic mass is 8.44. The van der Waals surface area contributed by atoms with Gasteiger partial charge in [0.15, 0.2) is 0 Å². The van der Waals surface area contributed by atoms with Crippen molar-refractivity contribution in [1.29, 1.82) is 0 Å². The number of fused-ring (bicyclic) bond motifs is 4. The summed E-state index contributed by atoms with van der Waals surface area (Å²) >= 11 is 0. The third-order valence-electron chi connectivity index (χ3n) is 13.1. The number of hydrogen-bond acceptors (Lipinski definition) is 12. The van der Waals surface area contributed by atoms with Gasteiger partial charge in [-0.2, -0.15) is 0 Å². The number of piperidine rings is 2. The minimum Gasteiger partial charge on any atom is -0.445 e. The number of carbonyl (C=O) groups excluding carboxylic acids is 5. The minimum atomic E-state index is -1.06. The fourth-order valence-electron chi connectivity index (χ4n) is 9.69. The maximum Gasteiger partial charge on any atom is 0.519 e. The Morgan fingerprint density at radius 2 is 1.00 bits per heavy atom. The molecule has 2 heterocycles. The average Bonchev–Trinajstić information content (AvgIpc) is 4.17. The Hall–Kier alpha value is -2.29. The molecule has 10 atom stereocenters. The second-order valence-corrected chi connectivity index (χ2v) is 29.8. The molecule has 0 spiro atoms. The summed E-state index contributed by atoms with van der Waals surface area (Å²) in [6, 6.07) is 20.9. The van der Waals surface area contributed by atoms with Gasteiger partial charge in [0, 0.05) is 160 Å². The van der Waals surface area contributed by atoms with E-state index in [1.165, 1.54) is 0 Å². The molecular formula is C45H70B16N4O11P4. The lowest BCUT2D eigenvalue weighted by molar-refractivity contribution is -0.0294. The molecule has 35 heteroatoms. The number of nitrogens with one attached hydrogen (secondary N) is 1. The first-order valence-electron chi connectivity index (χ1n) is 26.8. The van der Waals surface area contributed by atoms with E-state index in [2.05, 4.69) is 23.2 Å². The summed E-state index contributed by atoms with van der Waals surface area (Å²) < 4.78 is 32.3. The highest BCUT2D eigenvalue weighted by Gasteiger charge is 2.51. The van der Waals surface area contributed by atoms with Crippen molar-refractivity contribution < 1.29 is 52.4 Å². The van der Waals surface area contributed by atoms with Crippen molar-refractivity contribution in [2.45, 2.75) is 142 Å². The molecule has 2 aromatic carbocycles. The molecule has 80 heavy (non-hydrogen) atoms. The van der Waals surface area contributed by atoms with E-state index in [9.17, 15) is 24.0 Å². The summed E-state index contributed by atoms with van der Waals surface area (Å²) in [5, 5.41) is 3.64. The molecule has 4 bridgehead atoms. The Morgan fingerprint density at radius 3 is 1.35 bits per heavy atom. The highest BCUT2D eigenvalue weighted by molar-refractivity contribution is 8.14. The zero-order valence-electron chi connectivity index (χ0n) is 48.5. The van der Waals surface area contributed by atoms with Crippen LogP contribution in [0.2, 0.25) is 0 Å². The molecule has 3 amide bonds. The molecule has 404 valence electrons. The smallest absolute Gasteiger partial charge is 0.445 e. The van der Waals surface area contributed by atoms with E-state index in [1.807, 2.05) is 95.9 Å². The summed E-state index contributed by atoms with van der Waals surface area (Å²) in [4.78, 5) is 63.2. The van der Waals surface area contributed by atoms with Gasteiger partial charge in [0.25, 0.3) is 0 Å². The first-order chi connectivity index (χ1) is 37.2. The molecule has 4 unspecified atom stereocenters. The molecular weight excluding hydrogens is 1070 g/mol.